The van der Waals surface area contributed by atoms with Gasteiger partial charge in [-0.15, -0.1) is 0 Å². The van der Waals surface area contributed by atoms with Crippen molar-refractivity contribution in [1.82, 2.24) is 15.2 Å². The normalized spacial score (nSPS) is 16.0. The van der Waals surface area contributed by atoms with Crippen molar-refractivity contribution in [2.45, 2.75) is 32.5 Å². The first-order valence-electron chi connectivity index (χ1n) is 9.08. The number of halogens is 3. The van der Waals surface area contributed by atoms with Crippen molar-refractivity contribution >= 4 is 11.9 Å². The maximum atomic E-state index is 12.3. The van der Waals surface area contributed by atoms with Gasteiger partial charge in [-0.05, 0) is 31.4 Å². The highest BCUT2D eigenvalue weighted by atomic mass is 19.4. The first-order valence-corrected chi connectivity index (χ1v) is 9.08. The Labute approximate surface area is 161 Å². The number of guanidine groups is 1. The number of aliphatic imine (C=N–C) groups is 1. The Balaban J connectivity index is 1.98. The zero-order valence-electron chi connectivity index (χ0n) is 16.0. The van der Waals surface area contributed by atoms with Crippen LogP contribution in [0.3, 0.4) is 0 Å². The summed E-state index contributed by atoms with van der Waals surface area (Å²) >= 11 is 0. The fourth-order valence-electron chi connectivity index (χ4n) is 2.87. The molecule has 1 N–H and O–H groups in total. The van der Waals surface area contributed by atoms with E-state index in [9.17, 15) is 18.0 Å². The summed E-state index contributed by atoms with van der Waals surface area (Å²) < 4.78 is 46.3. The van der Waals surface area contributed by atoms with Crippen LogP contribution in [0, 0.1) is 5.92 Å². The third-order valence-corrected chi connectivity index (χ3v) is 4.26. The van der Waals surface area contributed by atoms with Gasteiger partial charge in [0.2, 0.25) is 5.88 Å². The molecule has 0 unspecified atom stereocenters. The molecule has 2 rings (SSSR count). The molecule has 1 aliphatic heterocycles. The number of piperidine rings is 1. The van der Waals surface area contributed by atoms with E-state index in [4.69, 9.17) is 4.74 Å². The average molecular weight is 402 g/mol. The molecule has 0 aromatic carbocycles. The Bertz CT molecular complexity index is 674. The number of esters is 1. The second-order valence-electron chi connectivity index (χ2n) is 6.36. The Hall–Kier alpha value is -2.52. The van der Waals surface area contributed by atoms with Gasteiger partial charge in [-0.1, -0.05) is 0 Å². The largest absolute Gasteiger partial charge is 0.469 e. The van der Waals surface area contributed by atoms with Crippen molar-refractivity contribution < 1.29 is 27.4 Å². The monoisotopic (exact) mass is 402 g/mol. The minimum absolute atomic E-state index is 0.0890. The van der Waals surface area contributed by atoms with Gasteiger partial charge in [0.1, 0.15) is 0 Å². The number of pyridine rings is 1. The van der Waals surface area contributed by atoms with Crippen LogP contribution in [0.25, 0.3) is 0 Å². The molecular weight excluding hydrogens is 377 g/mol. The molecule has 0 bridgehead atoms. The minimum Gasteiger partial charge on any atom is -0.469 e. The van der Waals surface area contributed by atoms with Crippen LogP contribution >= 0.6 is 0 Å². The fourth-order valence-corrected chi connectivity index (χ4v) is 2.87. The van der Waals surface area contributed by atoms with Crippen molar-refractivity contribution in [1.29, 1.82) is 0 Å². The summed E-state index contributed by atoms with van der Waals surface area (Å²) in [7, 11) is 1.39. The van der Waals surface area contributed by atoms with E-state index in [0.29, 0.717) is 44.0 Å². The fraction of sp³-hybridized carbons (Fsp3) is 0.611. The molecule has 7 nitrogen and oxygen atoms in total. The van der Waals surface area contributed by atoms with Crippen LogP contribution in [0.2, 0.25) is 0 Å². The summed E-state index contributed by atoms with van der Waals surface area (Å²) in [5, 5.41) is 3.20. The average Bonchev–Trinajstić information content (AvgIpc) is 2.69. The number of hydrogen-bond acceptors (Lipinski definition) is 5. The van der Waals surface area contributed by atoms with Crippen LogP contribution in [-0.2, 0) is 16.1 Å². The second-order valence-corrected chi connectivity index (χ2v) is 6.36. The predicted molar refractivity (Wildman–Crippen MR) is 96.9 cm³/mol. The number of ether oxygens (including phenoxy) is 2. The minimum atomic E-state index is -4.41. The first kappa shape index (κ1) is 21.8. The summed E-state index contributed by atoms with van der Waals surface area (Å²) in [6.45, 7) is 2.84. The van der Waals surface area contributed by atoms with E-state index >= 15 is 0 Å². The standard InChI is InChI=1S/C18H25F3N4O3/c1-3-22-17(25-8-5-14(6-9-25)16(26)27-2)24-11-13-4-7-23-15(10-13)28-12-18(19,20)21/h4,7,10,14H,3,5-6,8-9,11-12H2,1-2H3,(H,22,24). The van der Waals surface area contributed by atoms with E-state index in [-0.39, 0.29) is 24.3 Å². The van der Waals surface area contributed by atoms with Gasteiger partial charge in [-0.2, -0.15) is 13.2 Å². The Morgan fingerprint density at radius 2 is 2.11 bits per heavy atom. The summed E-state index contributed by atoms with van der Waals surface area (Å²) in [6, 6.07) is 3.12. The van der Waals surface area contributed by atoms with E-state index in [1.54, 1.807) is 6.07 Å². The molecule has 0 saturated carbocycles. The van der Waals surface area contributed by atoms with E-state index in [1.165, 1.54) is 19.4 Å². The van der Waals surface area contributed by atoms with Crippen LogP contribution in [0.5, 0.6) is 5.88 Å². The summed E-state index contributed by atoms with van der Waals surface area (Å²) in [4.78, 5) is 22.1. The number of alkyl halides is 3. The molecule has 0 atom stereocenters. The number of likely N-dealkylation sites (tertiary alicyclic amines) is 1. The topological polar surface area (TPSA) is 76.1 Å². The molecule has 156 valence electrons. The van der Waals surface area contributed by atoms with Crippen LogP contribution in [-0.4, -0.2) is 61.3 Å². The molecule has 1 aromatic rings. The maximum absolute atomic E-state index is 12.3. The number of nitrogens with one attached hydrogen (secondary N) is 1. The molecule has 1 aromatic heterocycles. The molecule has 0 aliphatic carbocycles. The Morgan fingerprint density at radius 3 is 2.71 bits per heavy atom. The van der Waals surface area contributed by atoms with Crippen molar-refractivity contribution in [3.05, 3.63) is 23.9 Å². The third-order valence-electron chi connectivity index (χ3n) is 4.26. The van der Waals surface area contributed by atoms with Crippen LogP contribution in [0.1, 0.15) is 25.3 Å². The molecule has 1 aliphatic rings. The number of hydrogen-bond donors (Lipinski definition) is 1. The van der Waals surface area contributed by atoms with Crippen molar-refractivity contribution in [2.24, 2.45) is 10.9 Å². The molecule has 0 spiro atoms. The van der Waals surface area contributed by atoms with Crippen LogP contribution < -0.4 is 10.1 Å². The van der Waals surface area contributed by atoms with Gasteiger partial charge in [0, 0.05) is 31.9 Å². The number of carbonyl (C=O) groups excluding carboxylic acids is 1. The van der Waals surface area contributed by atoms with Gasteiger partial charge >= 0.3 is 12.1 Å². The summed E-state index contributed by atoms with van der Waals surface area (Å²) in [5.74, 6) is 0.316. The summed E-state index contributed by atoms with van der Waals surface area (Å²) in [5.41, 5.74) is 0.687. The van der Waals surface area contributed by atoms with Gasteiger partial charge in [0.05, 0.1) is 19.6 Å². The van der Waals surface area contributed by atoms with E-state index in [1.807, 2.05) is 6.92 Å². The zero-order valence-corrected chi connectivity index (χ0v) is 16.0. The summed E-state index contributed by atoms with van der Waals surface area (Å²) in [6.07, 6.45) is -1.65. The van der Waals surface area contributed by atoms with E-state index in [2.05, 4.69) is 24.9 Å². The van der Waals surface area contributed by atoms with Gasteiger partial charge in [0.15, 0.2) is 12.6 Å². The smallest absolute Gasteiger partial charge is 0.422 e. The molecule has 2 heterocycles. The van der Waals surface area contributed by atoms with Crippen molar-refractivity contribution in [3.63, 3.8) is 0 Å². The van der Waals surface area contributed by atoms with E-state index < -0.39 is 12.8 Å². The van der Waals surface area contributed by atoms with Crippen LogP contribution in [0.15, 0.2) is 23.3 Å². The lowest BCUT2D eigenvalue weighted by molar-refractivity contribution is -0.154. The number of nitrogens with zero attached hydrogens (tertiary/aromatic N) is 3. The molecule has 1 fully saturated rings. The SMILES string of the molecule is CCNC(=NCc1ccnc(OCC(F)(F)F)c1)N1CCC(C(=O)OC)CC1. The third kappa shape index (κ3) is 6.90. The highest BCUT2D eigenvalue weighted by Crippen LogP contribution is 2.20. The lowest BCUT2D eigenvalue weighted by atomic mass is 9.97. The molecular formula is C18H25F3N4O3. The number of rotatable bonds is 6. The first-order chi connectivity index (χ1) is 13.3. The highest BCUT2D eigenvalue weighted by molar-refractivity contribution is 5.80. The number of aromatic nitrogens is 1. The molecule has 10 heteroatoms. The second kappa shape index (κ2) is 10.1. The molecule has 28 heavy (non-hydrogen) atoms. The Morgan fingerprint density at radius 1 is 1.39 bits per heavy atom. The molecule has 0 radical (unpaired) electrons. The van der Waals surface area contributed by atoms with Gasteiger partial charge < -0.3 is 19.7 Å². The number of methoxy groups -OCH3 is 1. The van der Waals surface area contributed by atoms with Gasteiger partial charge in [0.25, 0.3) is 0 Å². The van der Waals surface area contributed by atoms with Crippen molar-refractivity contribution in [3.8, 4) is 5.88 Å². The molecule has 0 amide bonds. The zero-order chi connectivity index (χ0) is 20.6. The predicted octanol–water partition coefficient (Wildman–Crippen LogP) is 2.37. The molecule has 1 saturated heterocycles. The van der Waals surface area contributed by atoms with Gasteiger partial charge in [-0.3, -0.25) is 4.79 Å². The lowest BCUT2D eigenvalue weighted by Gasteiger charge is -2.33. The van der Waals surface area contributed by atoms with Crippen LogP contribution in [0.4, 0.5) is 13.2 Å². The maximum Gasteiger partial charge on any atom is 0.422 e. The van der Waals surface area contributed by atoms with Gasteiger partial charge in [-0.25, -0.2) is 9.98 Å². The quantitative estimate of drug-likeness (QED) is 0.447. The highest BCUT2D eigenvalue weighted by Gasteiger charge is 2.29. The Kier molecular flexibility index (Phi) is 7.89. The van der Waals surface area contributed by atoms with Crippen molar-refractivity contribution in [2.75, 3.05) is 33.4 Å². The number of carbonyl (C=O) groups is 1. The lowest BCUT2D eigenvalue weighted by Crippen LogP contribution is -2.46. The van der Waals surface area contributed by atoms with E-state index in [0.717, 1.165) is 0 Å².